The first-order valence-corrected chi connectivity index (χ1v) is 7.17. The number of carbonyl (C=O) groups is 1. The van der Waals surface area contributed by atoms with Gasteiger partial charge in [-0.2, -0.15) is 0 Å². The number of benzene rings is 2. The molecule has 0 fully saturated rings. The fourth-order valence-electron chi connectivity index (χ4n) is 2.20. The van der Waals surface area contributed by atoms with Gasteiger partial charge in [-0.25, -0.2) is 0 Å². The van der Waals surface area contributed by atoms with E-state index >= 15 is 0 Å². The van der Waals surface area contributed by atoms with Crippen LogP contribution in [0.3, 0.4) is 0 Å². The van der Waals surface area contributed by atoms with Crippen LogP contribution < -0.4 is 5.32 Å². The minimum Gasteiger partial charge on any atom is -0.381 e. The molecule has 2 rings (SSSR count). The fraction of sp³-hybridized carbons (Fsp3) is 0.235. The van der Waals surface area contributed by atoms with Crippen LogP contribution in [0, 0.1) is 0 Å². The van der Waals surface area contributed by atoms with Crippen molar-refractivity contribution in [1.29, 1.82) is 0 Å². The van der Waals surface area contributed by atoms with Crippen LogP contribution in [0.2, 0.25) is 0 Å². The Morgan fingerprint density at radius 3 is 2.40 bits per heavy atom. The Bertz CT molecular complexity index is 568. The molecule has 0 aliphatic heterocycles. The Morgan fingerprint density at radius 2 is 1.75 bits per heavy atom. The van der Waals surface area contributed by atoms with Crippen LogP contribution in [0.5, 0.6) is 0 Å². The molecular weight excluding hydrogens is 270 g/mol. The van der Waals surface area contributed by atoms with E-state index in [1.807, 2.05) is 36.4 Å². The van der Waals surface area contributed by atoms with Crippen molar-refractivity contribution in [3.05, 3.63) is 65.7 Å². The lowest BCUT2D eigenvalue weighted by Crippen LogP contribution is -2.22. The summed E-state index contributed by atoms with van der Waals surface area (Å²) in [5.74, 6) is 0. The highest BCUT2D eigenvalue weighted by Gasteiger charge is 2.12. The zero-order valence-corrected chi connectivity index (χ0v) is 12.2. The molecule has 0 aliphatic rings. The van der Waals surface area contributed by atoms with Crippen molar-refractivity contribution in [2.75, 3.05) is 5.32 Å². The lowest BCUT2D eigenvalue weighted by atomic mass is 10.0. The predicted molar refractivity (Wildman–Crippen MR) is 84.5 cm³/mol. The van der Waals surface area contributed by atoms with Crippen LogP contribution in [-0.2, 0) is 6.42 Å². The molecule has 0 aromatic heterocycles. The first-order chi connectivity index (χ1) is 9.70. The molecule has 20 heavy (non-hydrogen) atoms. The maximum absolute atomic E-state index is 11.4. The van der Waals surface area contributed by atoms with Crippen LogP contribution in [0.4, 0.5) is 5.69 Å². The van der Waals surface area contributed by atoms with Gasteiger partial charge in [0.25, 0.3) is 5.24 Å². The molecule has 0 bridgehead atoms. The van der Waals surface area contributed by atoms with E-state index in [-0.39, 0.29) is 6.04 Å². The molecule has 3 heteroatoms. The molecule has 1 N–H and O–H groups in total. The van der Waals surface area contributed by atoms with Gasteiger partial charge in [0.2, 0.25) is 0 Å². The second-order valence-electron chi connectivity index (χ2n) is 4.76. The smallest absolute Gasteiger partial charge is 0.254 e. The summed E-state index contributed by atoms with van der Waals surface area (Å²) in [5, 5.41) is 2.99. The molecule has 0 spiro atoms. The van der Waals surface area contributed by atoms with E-state index in [0.717, 1.165) is 18.5 Å². The van der Waals surface area contributed by atoms with Gasteiger partial charge in [0.05, 0.1) is 5.56 Å². The van der Waals surface area contributed by atoms with Crippen molar-refractivity contribution >= 4 is 22.5 Å². The molecule has 2 nitrogen and oxygen atoms in total. The SMILES string of the molecule is CCC(Cc1ccccc1)Nc1ccccc1C(=O)Cl. The van der Waals surface area contributed by atoms with Gasteiger partial charge in [0.15, 0.2) is 0 Å². The molecule has 2 aromatic carbocycles. The Morgan fingerprint density at radius 1 is 1.10 bits per heavy atom. The normalized spacial score (nSPS) is 11.9. The van der Waals surface area contributed by atoms with Crippen molar-refractivity contribution < 1.29 is 4.79 Å². The molecule has 0 saturated heterocycles. The summed E-state index contributed by atoms with van der Waals surface area (Å²) >= 11 is 5.62. The van der Waals surface area contributed by atoms with Gasteiger partial charge in [-0.1, -0.05) is 49.4 Å². The van der Waals surface area contributed by atoms with Crippen molar-refractivity contribution in [2.45, 2.75) is 25.8 Å². The van der Waals surface area contributed by atoms with Gasteiger partial charge in [-0.05, 0) is 42.1 Å². The van der Waals surface area contributed by atoms with Crippen molar-refractivity contribution in [2.24, 2.45) is 0 Å². The number of rotatable bonds is 6. The minimum absolute atomic E-state index is 0.273. The van der Waals surface area contributed by atoms with Gasteiger partial charge in [-0.3, -0.25) is 4.79 Å². The van der Waals surface area contributed by atoms with Crippen molar-refractivity contribution in [3.8, 4) is 0 Å². The Labute approximate surface area is 124 Å². The maximum Gasteiger partial charge on any atom is 0.254 e. The number of hydrogen-bond acceptors (Lipinski definition) is 2. The number of hydrogen-bond donors (Lipinski definition) is 1. The van der Waals surface area contributed by atoms with E-state index in [1.165, 1.54) is 5.56 Å². The molecule has 0 radical (unpaired) electrons. The zero-order chi connectivity index (χ0) is 14.4. The molecule has 0 amide bonds. The largest absolute Gasteiger partial charge is 0.381 e. The Hall–Kier alpha value is -1.80. The maximum atomic E-state index is 11.4. The Balaban J connectivity index is 2.13. The number of anilines is 1. The fourth-order valence-corrected chi connectivity index (χ4v) is 2.36. The zero-order valence-electron chi connectivity index (χ0n) is 11.5. The highest BCUT2D eigenvalue weighted by atomic mass is 35.5. The molecule has 1 atom stereocenters. The summed E-state index contributed by atoms with van der Waals surface area (Å²) in [5.41, 5.74) is 2.61. The van der Waals surface area contributed by atoms with Crippen molar-refractivity contribution in [1.82, 2.24) is 0 Å². The Kier molecular flexibility index (Phi) is 5.19. The highest BCUT2D eigenvalue weighted by Crippen LogP contribution is 2.20. The number of carbonyl (C=O) groups excluding carboxylic acids is 1. The number of nitrogens with one attached hydrogen (secondary N) is 1. The predicted octanol–water partition coefficient (Wildman–Crippen LogP) is 4.50. The topological polar surface area (TPSA) is 29.1 Å². The summed E-state index contributed by atoms with van der Waals surface area (Å²) < 4.78 is 0. The molecule has 1 unspecified atom stereocenters. The molecule has 0 aliphatic carbocycles. The van der Waals surface area contributed by atoms with Gasteiger partial charge in [0.1, 0.15) is 0 Å². The van der Waals surface area contributed by atoms with Gasteiger partial charge >= 0.3 is 0 Å². The monoisotopic (exact) mass is 287 g/mol. The molecular formula is C17H18ClNO. The second kappa shape index (κ2) is 7.11. The lowest BCUT2D eigenvalue weighted by molar-refractivity contribution is 0.108. The number of halogens is 1. The molecule has 0 heterocycles. The van der Waals surface area contributed by atoms with Gasteiger partial charge in [0, 0.05) is 11.7 Å². The second-order valence-corrected chi connectivity index (χ2v) is 5.10. The van der Waals surface area contributed by atoms with Gasteiger partial charge < -0.3 is 5.32 Å². The average Bonchev–Trinajstić information content (AvgIpc) is 2.48. The van der Waals surface area contributed by atoms with E-state index in [0.29, 0.717) is 5.56 Å². The summed E-state index contributed by atoms with van der Waals surface area (Å²) in [6, 6.07) is 18.0. The third-order valence-electron chi connectivity index (χ3n) is 3.32. The van der Waals surface area contributed by atoms with Crippen LogP contribution in [0.15, 0.2) is 54.6 Å². The third-order valence-corrected chi connectivity index (χ3v) is 3.52. The van der Waals surface area contributed by atoms with E-state index < -0.39 is 5.24 Å². The van der Waals surface area contributed by atoms with E-state index in [2.05, 4.69) is 24.4 Å². The van der Waals surface area contributed by atoms with Gasteiger partial charge in [-0.15, -0.1) is 0 Å². The van der Waals surface area contributed by atoms with Crippen LogP contribution in [0.25, 0.3) is 0 Å². The van der Waals surface area contributed by atoms with Crippen LogP contribution in [-0.4, -0.2) is 11.3 Å². The van der Waals surface area contributed by atoms with E-state index in [9.17, 15) is 4.79 Å². The summed E-state index contributed by atoms with van der Waals surface area (Å²) in [7, 11) is 0. The third kappa shape index (κ3) is 3.84. The summed E-state index contributed by atoms with van der Waals surface area (Å²) in [6.07, 6.45) is 1.89. The standard InChI is InChI=1S/C17H18ClNO/c1-2-14(12-13-8-4-3-5-9-13)19-16-11-7-6-10-15(16)17(18)20/h3-11,14,19H,2,12H2,1H3. The summed E-state index contributed by atoms with van der Waals surface area (Å²) in [4.78, 5) is 11.4. The molecule has 0 saturated carbocycles. The van der Waals surface area contributed by atoms with E-state index in [1.54, 1.807) is 6.07 Å². The quantitative estimate of drug-likeness (QED) is 0.793. The van der Waals surface area contributed by atoms with Crippen LogP contribution >= 0.6 is 11.6 Å². The van der Waals surface area contributed by atoms with E-state index in [4.69, 9.17) is 11.6 Å². The average molecular weight is 288 g/mol. The highest BCUT2D eigenvalue weighted by molar-refractivity contribution is 6.68. The first-order valence-electron chi connectivity index (χ1n) is 6.80. The van der Waals surface area contributed by atoms with Crippen LogP contribution in [0.1, 0.15) is 29.3 Å². The summed E-state index contributed by atoms with van der Waals surface area (Å²) in [6.45, 7) is 2.13. The molecule has 104 valence electrons. The molecule has 2 aromatic rings. The van der Waals surface area contributed by atoms with Crippen molar-refractivity contribution in [3.63, 3.8) is 0 Å². The first kappa shape index (κ1) is 14.6. The minimum atomic E-state index is -0.428. The lowest BCUT2D eigenvalue weighted by Gasteiger charge is -2.19. The number of para-hydroxylation sites is 1.